The molecule has 1 fully saturated rings. The average Bonchev–Trinajstić information content (AvgIpc) is 3.14. The van der Waals surface area contributed by atoms with Crippen molar-refractivity contribution in [3.63, 3.8) is 0 Å². The smallest absolute Gasteiger partial charge is 0.221 e. The quantitative estimate of drug-likeness (QED) is 0.749. The predicted molar refractivity (Wildman–Crippen MR) is 77.8 cm³/mol. The summed E-state index contributed by atoms with van der Waals surface area (Å²) < 4.78 is 3.04. The summed E-state index contributed by atoms with van der Waals surface area (Å²) in [5, 5.41) is 10.7. The van der Waals surface area contributed by atoms with Gasteiger partial charge in [0.2, 0.25) is 5.91 Å². The molecule has 1 aromatic heterocycles. The maximum Gasteiger partial charge on any atom is 0.221 e. The number of nitrogens with one attached hydrogen (secondary N) is 2. The highest BCUT2D eigenvalue weighted by Gasteiger charge is 2.22. The van der Waals surface area contributed by atoms with Gasteiger partial charge in [-0.05, 0) is 42.6 Å². The minimum absolute atomic E-state index is 0.147. The molecule has 0 spiro atoms. The van der Waals surface area contributed by atoms with Gasteiger partial charge in [0.25, 0.3) is 0 Å². The lowest BCUT2D eigenvalue weighted by Gasteiger charge is -2.08. The number of hydrogen-bond donors (Lipinski definition) is 2. The summed E-state index contributed by atoms with van der Waals surface area (Å²) in [5.41, 5.74) is 2.15. The molecule has 1 saturated carbocycles. The molecule has 0 aromatic carbocycles. The Hall–Kier alpha value is -0.880. The number of carbonyl (C=O) groups is 1. The fourth-order valence-electron chi connectivity index (χ4n) is 1.97. The number of aromatic nitrogens is 2. The van der Waals surface area contributed by atoms with Crippen LogP contribution < -0.4 is 10.6 Å². The highest BCUT2D eigenvalue weighted by molar-refractivity contribution is 9.10. The normalized spacial score (nSPS) is 14.7. The third-order valence-corrected chi connectivity index (χ3v) is 4.25. The van der Waals surface area contributed by atoms with E-state index in [1.165, 1.54) is 0 Å². The first-order chi connectivity index (χ1) is 9.11. The fourth-order valence-corrected chi connectivity index (χ4v) is 2.40. The third kappa shape index (κ3) is 4.04. The second kappa shape index (κ2) is 6.52. The maximum absolute atomic E-state index is 11.5. The molecule has 5 nitrogen and oxygen atoms in total. The van der Waals surface area contributed by atoms with E-state index in [0.717, 1.165) is 41.8 Å². The van der Waals surface area contributed by atoms with Gasteiger partial charge in [-0.2, -0.15) is 5.10 Å². The summed E-state index contributed by atoms with van der Waals surface area (Å²) >= 11 is 3.56. The van der Waals surface area contributed by atoms with E-state index in [2.05, 4.69) is 38.6 Å². The second-order valence-electron chi connectivity index (χ2n) is 4.93. The number of carbonyl (C=O) groups excluding carboxylic acids is 1. The van der Waals surface area contributed by atoms with Crippen LogP contribution in [0.25, 0.3) is 0 Å². The zero-order valence-corrected chi connectivity index (χ0v) is 13.1. The molecule has 2 N–H and O–H groups in total. The van der Waals surface area contributed by atoms with Crippen LogP contribution in [0, 0.1) is 6.92 Å². The minimum Gasteiger partial charge on any atom is -0.353 e. The van der Waals surface area contributed by atoms with Crippen LogP contribution in [0.2, 0.25) is 0 Å². The highest BCUT2D eigenvalue weighted by Crippen LogP contribution is 2.21. The molecule has 106 valence electrons. The number of aryl methyl sites for hydroxylation is 2. The molecule has 1 heterocycles. The van der Waals surface area contributed by atoms with Gasteiger partial charge >= 0.3 is 0 Å². The molecule has 0 saturated heterocycles. The Morgan fingerprint density at radius 1 is 1.53 bits per heavy atom. The molecule has 1 aliphatic carbocycles. The topological polar surface area (TPSA) is 59.0 Å². The lowest BCUT2D eigenvalue weighted by molar-refractivity contribution is -0.121. The van der Waals surface area contributed by atoms with Crippen LogP contribution >= 0.6 is 15.9 Å². The molecule has 2 rings (SSSR count). The number of rotatable bonds is 7. The lowest BCUT2D eigenvalue weighted by Crippen LogP contribution is -2.29. The molecule has 0 unspecified atom stereocenters. The van der Waals surface area contributed by atoms with Gasteiger partial charge in [0.1, 0.15) is 0 Å². The van der Waals surface area contributed by atoms with Crippen molar-refractivity contribution in [1.29, 1.82) is 0 Å². The van der Waals surface area contributed by atoms with Gasteiger partial charge in [0.15, 0.2) is 0 Å². The molecule has 0 bridgehead atoms. The molecule has 0 aliphatic heterocycles. The first-order valence-corrected chi connectivity index (χ1v) is 7.63. The number of halogens is 1. The van der Waals surface area contributed by atoms with E-state index in [1.54, 1.807) is 0 Å². The van der Waals surface area contributed by atoms with Gasteiger partial charge in [-0.3, -0.25) is 9.48 Å². The van der Waals surface area contributed by atoms with Crippen molar-refractivity contribution in [3.8, 4) is 0 Å². The van der Waals surface area contributed by atoms with Crippen molar-refractivity contribution >= 4 is 21.8 Å². The number of amides is 1. The Bertz CT molecular complexity index is 454. The van der Waals surface area contributed by atoms with Crippen LogP contribution in [0.4, 0.5) is 0 Å². The van der Waals surface area contributed by atoms with Crippen LogP contribution in [0.3, 0.4) is 0 Å². The van der Waals surface area contributed by atoms with Crippen LogP contribution in [0.1, 0.15) is 37.6 Å². The van der Waals surface area contributed by atoms with Crippen molar-refractivity contribution < 1.29 is 4.79 Å². The summed E-state index contributed by atoms with van der Waals surface area (Å²) in [7, 11) is 0. The van der Waals surface area contributed by atoms with Gasteiger partial charge in [0, 0.05) is 32.1 Å². The van der Waals surface area contributed by atoms with Gasteiger partial charge in [-0.15, -0.1) is 0 Å². The van der Waals surface area contributed by atoms with Crippen LogP contribution in [-0.2, 0) is 17.9 Å². The molecule has 19 heavy (non-hydrogen) atoms. The average molecular weight is 329 g/mol. The Kier molecular flexibility index (Phi) is 4.99. The van der Waals surface area contributed by atoms with Crippen LogP contribution in [-0.4, -0.2) is 28.3 Å². The van der Waals surface area contributed by atoms with Gasteiger partial charge in [-0.1, -0.05) is 0 Å². The lowest BCUT2D eigenvalue weighted by atomic mass is 10.3. The van der Waals surface area contributed by atoms with E-state index in [-0.39, 0.29) is 5.91 Å². The van der Waals surface area contributed by atoms with E-state index in [9.17, 15) is 4.79 Å². The first-order valence-electron chi connectivity index (χ1n) is 6.83. The van der Waals surface area contributed by atoms with Crippen LogP contribution in [0.5, 0.6) is 0 Å². The minimum atomic E-state index is 0.147. The number of hydrogen-bond acceptors (Lipinski definition) is 3. The maximum atomic E-state index is 11.5. The molecular weight excluding hydrogens is 308 g/mol. The molecule has 1 aliphatic rings. The summed E-state index contributed by atoms with van der Waals surface area (Å²) in [6.07, 6.45) is 2.81. The standard InChI is InChI=1S/C13H21BrN4O/c1-3-18-11(13(14)9(2)17-18)8-15-7-6-12(19)16-10-4-5-10/h10,15H,3-8H2,1-2H3,(H,16,19). The van der Waals surface area contributed by atoms with E-state index in [1.807, 2.05) is 11.6 Å². The molecule has 6 heteroatoms. The predicted octanol–water partition coefficient (Wildman–Crippen LogP) is 1.73. The molecular formula is C13H21BrN4O. The zero-order valence-electron chi connectivity index (χ0n) is 11.5. The summed E-state index contributed by atoms with van der Waals surface area (Å²) in [6, 6.07) is 0.450. The van der Waals surface area contributed by atoms with E-state index in [4.69, 9.17) is 0 Å². The summed E-state index contributed by atoms with van der Waals surface area (Å²) in [4.78, 5) is 11.5. The van der Waals surface area contributed by atoms with Gasteiger partial charge in [-0.25, -0.2) is 0 Å². The highest BCUT2D eigenvalue weighted by atomic mass is 79.9. The summed E-state index contributed by atoms with van der Waals surface area (Å²) in [6.45, 7) is 6.34. The summed E-state index contributed by atoms with van der Waals surface area (Å²) in [5.74, 6) is 0.147. The van der Waals surface area contributed by atoms with Crippen molar-refractivity contribution in [1.82, 2.24) is 20.4 Å². The SMILES string of the molecule is CCn1nc(C)c(Br)c1CNCCC(=O)NC1CC1. The van der Waals surface area contributed by atoms with Crippen LogP contribution in [0.15, 0.2) is 4.47 Å². The zero-order chi connectivity index (χ0) is 13.8. The Morgan fingerprint density at radius 2 is 2.26 bits per heavy atom. The van der Waals surface area contributed by atoms with E-state index >= 15 is 0 Å². The van der Waals surface area contributed by atoms with Gasteiger partial charge < -0.3 is 10.6 Å². The van der Waals surface area contributed by atoms with Crippen molar-refractivity contribution in [2.45, 2.75) is 52.2 Å². The third-order valence-electron chi connectivity index (χ3n) is 3.22. The molecule has 0 radical (unpaired) electrons. The van der Waals surface area contributed by atoms with E-state index in [0.29, 0.717) is 19.0 Å². The fraction of sp³-hybridized carbons (Fsp3) is 0.692. The Labute approximate surface area is 122 Å². The van der Waals surface area contributed by atoms with Gasteiger partial charge in [0.05, 0.1) is 15.9 Å². The molecule has 1 amide bonds. The Morgan fingerprint density at radius 3 is 2.89 bits per heavy atom. The van der Waals surface area contributed by atoms with Crippen molar-refractivity contribution in [2.24, 2.45) is 0 Å². The number of nitrogens with zero attached hydrogens (tertiary/aromatic N) is 2. The molecule has 0 atom stereocenters. The van der Waals surface area contributed by atoms with Crippen molar-refractivity contribution in [2.75, 3.05) is 6.54 Å². The monoisotopic (exact) mass is 328 g/mol. The van der Waals surface area contributed by atoms with E-state index < -0.39 is 0 Å². The van der Waals surface area contributed by atoms with Crippen molar-refractivity contribution in [3.05, 3.63) is 15.9 Å². The second-order valence-corrected chi connectivity index (χ2v) is 5.72. The first kappa shape index (κ1) is 14.5. The largest absolute Gasteiger partial charge is 0.353 e. The molecule has 1 aromatic rings. The Balaban J connectivity index is 1.74.